The van der Waals surface area contributed by atoms with Crippen LogP contribution in [0.5, 0.6) is 0 Å². The van der Waals surface area contributed by atoms with E-state index >= 15 is 0 Å². The molecule has 3 nitrogen and oxygen atoms in total. The molecular formula is C22H30N2O. The van der Waals surface area contributed by atoms with Gasteiger partial charge in [-0.1, -0.05) is 45.9 Å². The van der Waals surface area contributed by atoms with E-state index in [1.165, 1.54) is 5.69 Å². The lowest BCUT2D eigenvalue weighted by molar-refractivity contribution is 0.102. The molecular weight excluding hydrogens is 308 g/mol. The highest BCUT2D eigenvalue weighted by molar-refractivity contribution is 6.05. The molecule has 1 amide bonds. The number of nitrogens with one attached hydrogen (secondary N) is 1. The van der Waals surface area contributed by atoms with E-state index in [-0.39, 0.29) is 11.3 Å². The van der Waals surface area contributed by atoms with Gasteiger partial charge in [-0.05, 0) is 43.5 Å². The molecule has 0 radical (unpaired) electrons. The zero-order chi connectivity index (χ0) is 18.6. The predicted octanol–water partition coefficient (Wildman–Crippen LogP) is 5.48. The standard InChI is InChI=1S/C22H30N2O/c1-7-10-17-11-9-12-18(14-17)23-21(25)19-15-20(22(4,5)6)24(13-8-2)16(19)3/h7,9,11-12,14-15H,1,8,10,13H2,2-6H3,(H,23,25). The summed E-state index contributed by atoms with van der Waals surface area (Å²) in [5, 5.41) is 3.05. The zero-order valence-electron chi connectivity index (χ0n) is 16.1. The highest BCUT2D eigenvalue weighted by Crippen LogP contribution is 2.28. The summed E-state index contributed by atoms with van der Waals surface area (Å²) in [5.41, 5.74) is 4.96. The third-order valence-electron chi connectivity index (χ3n) is 4.39. The van der Waals surface area contributed by atoms with Gasteiger partial charge in [0.1, 0.15) is 0 Å². The average Bonchev–Trinajstić information content (AvgIpc) is 2.86. The fraction of sp³-hybridized carbons (Fsp3) is 0.409. The molecule has 0 aliphatic rings. The van der Waals surface area contributed by atoms with Crippen molar-refractivity contribution in [3.8, 4) is 0 Å². The van der Waals surface area contributed by atoms with Crippen LogP contribution in [0.2, 0.25) is 0 Å². The number of amides is 1. The molecule has 0 bridgehead atoms. The Labute approximate surface area is 151 Å². The maximum absolute atomic E-state index is 12.9. The number of carbonyl (C=O) groups is 1. The van der Waals surface area contributed by atoms with Crippen molar-refractivity contribution >= 4 is 11.6 Å². The van der Waals surface area contributed by atoms with Crippen LogP contribution in [-0.4, -0.2) is 10.5 Å². The fourth-order valence-electron chi connectivity index (χ4n) is 3.15. The molecule has 25 heavy (non-hydrogen) atoms. The van der Waals surface area contributed by atoms with Crippen LogP contribution in [0.25, 0.3) is 0 Å². The summed E-state index contributed by atoms with van der Waals surface area (Å²) in [6, 6.07) is 9.98. The van der Waals surface area contributed by atoms with Crippen molar-refractivity contribution in [1.82, 2.24) is 4.57 Å². The number of hydrogen-bond donors (Lipinski definition) is 1. The van der Waals surface area contributed by atoms with Crippen molar-refractivity contribution < 1.29 is 4.79 Å². The average molecular weight is 338 g/mol. The molecule has 2 rings (SSSR count). The summed E-state index contributed by atoms with van der Waals surface area (Å²) in [5.74, 6) is -0.0476. The highest BCUT2D eigenvalue weighted by atomic mass is 16.1. The van der Waals surface area contributed by atoms with Crippen molar-refractivity contribution in [2.75, 3.05) is 5.32 Å². The third-order valence-corrected chi connectivity index (χ3v) is 4.39. The molecule has 0 saturated carbocycles. The largest absolute Gasteiger partial charge is 0.348 e. The van der Waals surface area contributed by atoms with Gasteiger partial charge in [0.25, 0.3) is 5.91 Å². The minimum atomic E-state index is -0.0476. The van der Waals surface area contributed by atoms with Crippen molar-refractivity contribution in [1.29, 1.82) is 0 Å². The normalized spacial score (nSPS) is 11.4. The first kappa shape index (κ1) is 19.0. The van der Waals surface area contributed by atoms with Crippen molar-refractivity contribution in [3.63, 3.8) is 0 Å². The lowest BCUT2D eigenvalue weighted by atomic mass is 9.92. The Morgan fingerprint density at radius 2 is 2.00 bits per heavy atom. The van der Waals surface area contributed by atoms with Crippen molar-refractivity contribution in [2.24, 2.45) is 0 Å². The molecule has 1 aromatic carbocycles. The van der Waals surface area contributed by atoms with Gasteiger partial charge in [0, 0.05) is 29.0 Å². The second-order valence-electron chi connectivity index (χ2n) is 7.58. The molecule has 0 unspecified atom stereocenters. The van der Waals surface area contributed by atoms with Gasteiger partial charge in [-0.25, -0.2) is 0 Å². The van der Waals surface area contributed by atoms with Gasteiger partial charge in [-0.15, -0.1) is 6.58 Å². The number of rotatable bonds is 6. The Morgan fingerprint density at radius 3 is 2.60 bits per heavy atom. The first-order valence-electron chi connectivity index (χ1n) is 8.99. The van der Waals surface area contributed by atoms with E-state index in [2.05, 4.69) is 44.2 Å². The van der Waals surface area contributed by atoms with Gasteiger partial charge in [-0.2, -0.15) is 0 Å². The Morgan fingerprint density at radius 1 is 1.28 bits per heavy atom. The zero-order valence-corrected chi connectivity index (χ0v) is 16.1. The topological polar surface area (TPSA) is 34.0 Å². The van der Waals surface area contributed by atoms with Crippen LogP contribution in [0.3, 0.4) is 0 Å². The maximum atomic E-state index is 12.9. The monoisotopic (exact) mass is 338 g/mol. The number of nitrogens with zero attached hydrogens (tertiary/aromatic N) is 1. The minimum absolute atomic E-state index is 0.00232. The van der Waals surface area contributed by atoms with Crippen LogP contribution in [-0.2, 0) is 18.4 Å². The number of anilines is 1. The molecule has 1 aromatic heterocycles. The molecule has 0 aliphatic heterocycles. The van der Waals surface area contributed by atoms with E-state index in [1.807, 2.05) is 43.3 Å². The van der Waals surface area contributed by atoms with Crippen LogP contribution < -0.4 is 5.32 Å². The van der Waals surface area contributed by atoms with E-state index in [0.29, 0.717) is 0 Å². The molecule has 3 heteroatoms. The smallest absolute Gasteiger partial charge is 0.257 e. The molecule has 1 heterocycles. The van der Waals surface area contributed by atoms with Gasteiger partial charge in [-0.3, -0.25) is 4.79 Å². The van der Waals surface area contributed by atoms with Gasteiger partial charge in [0.2, 0.25) is 0 Å². The van der Waals surface area contributed by atoms with Gasteiger partial charge >= 0.3 is 0 Å². The predicted molar refractivity (Wildman–Crippen MR) is 106 cm³/mol. The summed E-state index contributed by atoms with van der Waals surface area (Å²) in [7, 11) is 0. The molecule has 2 aromatic rings. The first-order chi connectivity index (χ1) is 11.8. The summed E-state index contributed by atoms with van der Waals surface area (Å²) >= 11 is 0. The van der Waals surface area contributed by atoms with E-state index in [1.54, 1.807) is 0 Å². The van der Waals surface area contributed by atoms with Crippen molar-refractivity contribution in [3.05, 3.63) is 65.5 Å². The molecule has 0 aliphatic carbocycles. The Kier molecular flexibility index (Phi) is 5.89. The minimum Gasteiger partial charge on any atom is -0.348 e. The Bertz CT molecular complexity index is 763. The SMILES string of the molecule is C=CCc1cccc(NC(=O)c2cc(C(C)(C)C)n(CCC)c2C)c1. The van der Waals surface area contributed by atoms with E-state index in [9.17, 15) is 4.79 Å². The van der Waals surface area contributed by atoms with Crippen molar-refractivity contribution in [2.45, 2.75) is 59.4 Å². The van der Waals surface area contributed by atoms with Gasteiger partial charge in [0.15, 0.2) is 0 Å². The van der Waals surface area contributed by atoms with Crippen LogP contribution in [0.15, 0.2) is 43.0 Å². The highest BCUT2D eigenvalue weighted by Gasteiger charge is 2.24. The Hall–Kier alpha value is -2.29. The third kappa shape index (κ3) is 4.41. The maximum Gasteiger partial charge on any atom is 0.257 e. The fourth-order valence-corrected chi connectivity index (χ4v) is 3.15. The van der Waals surface area contributed by atoms with Gasteiger partial charge < -0.3 is 9.88 Å². The molecule has 0 atom stereocenters. The van der Waals surface area contributed by atoms with Gasteiger partial charge in [0.05, 0.1) is 5.56 Å². The molecule has 0 fully saturated rings. The number of hydrogen-bond acceptors (Lipinski definition) is 1. The Balaban J connectivity index is 2.33. The first-order valence-corrected chi connectivity index (χ1v) is 8.99. The second kappa shape index (κ2) is 7.73. The molecule has 0 saturated heterocycles. The molecule has 0 spiro atoms. The number of allylic oxidation sites excluding steroid dienone is 1. The van der Waals surface area contributed by atoms with E-state index in [0.717, 1.165) is 41.9 Å². The summed E-state index contributed by atoms with van der Waals surface area (Å²) in [6.45, 7) is 15.5. The summed E-state index contributed by atoms with van der Waals surface area (Å²) in [6.07, 6.45) is 3.71. The van der Waals surface area contributed by atoms with E-state index in [4.69, 9.17) is 0 Å². The quantitative estimate of drug-likeness (QED) is 0.695. The summed E-state index contributed by atoms with van der Waals surface area (Å²) < 4.78 is 2.28. The molecule has 1 N–H and O–H groups in total. The number of carbonyl (C=O) groups excluding carboxylic acids is 1. The summed E-state index contributed by atoms with van der Waals surface area (Å²) in [4.78, 5) is 12.9. The lowest BCUT2D eigenvalue weighted by Gasteiger charge is -2.22. The van der Waals surface area contributed by atoms with Crippen LogP contribution in [0, 0.1) is 6.92 Å². The van der Waals surface area contributed by atoms with Crippen LogP contribution in [0.4, 0.5) is 5.69 Å². The number of benzene rings is 1. The lowest BCUT2D eigenvalue weighted by Crippen LogP contribution is -2.18. The second-order valence-corrected chi connectivity index (χ2v) is 7.58. The van der Waals surface area contributed by atoms with E-state index < -0.39 is 0 Å². The molecule has 134 valence electrons. The number of aromatic nitrogens is 1. The van der Waals surface area contributed by atoms with Crippen LogP contribution in [0.1, 0.15) is 61.4 Å². The van der Waals surface area contributed by atoms with Crippen LogP contribution >= 0.6 is 0 Å².